The zero-order valence-electron chi connectivity index (χ0n) is 18.0. The number of hydrogen-bond donors (Lipinski definition) is 2. The maximum absolute atomic E-state index is 11.5. The summed E-state index contributed by atoms with van der Waals surface area (Å²) in [5.41, 5.74) is 1.66. The third-order valence-electron chi connectivity index (χ3n) is 4.49. The molecule has 2 aromatic carbocycles. The Balaban J connectivity index is 0.000000174. The third-order valence-corrected chi connectivity index (χ3v) is 4.49. The summed E-state index contributed by atoms with van der Waals surface area (Å²) in [5, 5.41) is 38.9. The molecule has 2 unspecified atom stereocenters. The zero-order chi connectivity index (χ0) is 22.3. The van der Waals surface area contributed by atoms with Crippen LogP contribution < -0.4 is 26.0 Å². The second-order valence-corrected chi connectivity index (χ2v) is 7.47. The van der Waals surface area contributed by atoms with E-state index in [-0.39, 0.29) is 23.2 Å². The van der Waals surface area contributed by atoms with Crippen LogP contribution in [0.4, 0.5) is 11.4 Å². The number of benzene rings is 2. The molecule has 2 aliphatic heterocycles. The van der Waals surface area contributed by atoms with Crippen LogP contribution in [0.15, 0.2) is 85.1 Å². The molecule has 6 nitrogen and oxygen atoms in total. The Hall–Kier alpha value is -3.08. The summed E-state index contributed by atoms with van der Waals surface area (Å²) in [6.45, 7) is 3.22. The first kappa shape index (κ1) is 25.2. The molecule has 0 bridgehead atoms. The molecule has 160 valence electrons. The van der Waals surface area contributed by atoms with Crippen molar-refractivity contribution in [2.24, 2.45) is 0 Å². The number of nitrogens with zero attached hydrogens (tertiary/aromatic N) is 1. The molecule has 3 heterocycles. The molecule has 0 fully saturated rings. The molecular formula is C25H24AlN3O3. The van der Waals surface area contributed by atoms with E-state index in [1.807, 2.05) is 60.7 Å². The summed E-state index contributed by atoms with van der Waals surface area (Å²) >= 11 is 0. The van der Waals surface area contributed by atoms with Gasteiger partial charge in [0.15, 0.2) is 0 Å². The van der Waals surface area contributed by atoms with Crippen LogP contribution in [0, 0.1) is 0 Å². The van der Waals surface area contributed by atoms with Crippen LogP contribution in [0.5, 0.6) is 5.88 Å². The van der Waals surface area contributed by atoms with Crippen molar-refractivity contribution in [2.75, 3.05) is 10.6 Å². The van der Waals surface area contributed by atoms with Crippen molar-refractivity contribution in [3.63, 3.8) is 0 Å². The van der Waals surface area contributed by atoms with Crippen molar-refractivity contribution >= 4 is 40.9 Å². The van der Waals surface area contributed by atoms with Gasteiger partial charge in [0.1, 0.15) is 0 Å². The molecule has 3 aromatic rings. The molecule has 0 amide bonds. The van der Waals surface area contributed by atoms with E-state index < -0.39 is 11.4 Å². The first-order valence-corrected chi connectivity index (χ1v) is 9.86. The van der Waals surface area contributed by atoms with E-state index in [1.165, 1.54) is 12.3 Å². The molecule has 2 atom stereocenters. The maximum Gasteiger partial charge on any atom is 3.00 e. The molecule has 0 radical (unpaired) electrons. The van der Waals surface area contributed by atoms with E-state index in [0.717, 1.165) is 22.5 Å². The third kappa shape index (κ3) is 7.56. The largest absolute Gasteiger partial charge is 3.00 e. The Morgan fingerprint density at radius 3 is 1.50 bits per heavy atom. The molecule has 0 aliphatic carbocycles. The summed E-state index contributed by atoms with van der Waals surface area (Å²) in [6.07, 6.45) is 8.46. The normalized spacial score (nSPS) is 21.5. The van der Waals surface area contributed by atoms with Gasteiger partial charge in [0.2, 0.25) is 0 Å². The molecule has 2 aliphatic rings. The Morgan fingerprint density at radius 1 is 0.688 bits per heavy atom. The van der Waals surface area contributed by atoms with E-state index in [0.29, 0.717) is 0 Å². The van der Waals surface area contributed by atoms with Crippen LogP contribution in [-0.4, -0.2) is 33.8 Å². The fraction of sp³-hybridized carbons (Fsp3) is 0.160. The first-order chi connectivity index (χ1) is 14.7. The van der Waals surface area contributed by atoms with Gasteiger partial charge >= 0.3 is 17.4 Å². The summed E-state index contributed by atoms with van der Waals surface area (Å²) in [7, 11) is 0. The summed E-state index contributed by atoms with van der Waals surface area (Å²) in [6, 6.07) is 20.3. The number of fused-ring (bicyclic) bond motifs is 2. The van der Waals surface area contributed by atoms with Gasteiger partial charge in [-0.2, -0.15) is 0 Å². The standard InChI is InChI=1S/2C10H10NO.C5H5NO.Al/c2*1-10(12)7-6-8-4-2-3-5-9(8)11-10;7-5-3-1-2-4-6-5;/h2*2-7,11H,1H3;1-4H,(H,6,7);/q2*-1;;+3/p-1. The molecule has 0 spiro atoms. The van der Waals surface area contributed by atoms with Gasteiger partial charge in [-0.3, -0.25) is 4.98 Å². The second-order valence-electron chi connectivity index (χ2n) is 7.47. The van der Waals surface area contributed by atoms with Gasteiger partial charge in [-0.25, -0.2) is 0 Å². The van der Waals surface area contributed by atoms with Crippen molar-refractivity contribution in [1.29, 1.82) is 0 Å². The summed E-state index contributed by atoms with van der Waals surface area (Å²) in [4.78, 5) is 3.42. The average Bonchev–Trinajstić information content (AvgIpc) is 2.74. The molecule has 32 heavy (non-hydrogen) atoms. The van der Waals surface area contributed by atoms with Gasteiger partial charge < -0.3 is 26.0 Å². The van der Waals surface area contributed by atoms with Crippen molar-refractivity contribution in [3.05, 3.63) is 96.2 Å². The smallest absolute Gasteiger partial charge is 0.859 e. The van der Waals surface area contributed by atoms with E-state index in [1.54, 1.807) is 38.1 Å². The molecule has 5 rings (SSSR count). The predicted octanol–water partition coefficient (Wildman–Crippen LogP) is 2.18. The van der Waals surface area contributed by atoms with Gasteiger partial charge in [-0.1, -0.05) is 86.7 Å². The topological polar surface area (TPSA) is 106 Å². The number of pyridine rings is 1. The average molecular weight is 441 g/mol. The predicted molar refractivity (Wildman–Crippen MR) is 124 cm³/mol. The number of para-hydroxylation sites is 2. The van der Waals surface area contributed by atoms with Gasteiger partial charge in [-0.15, -0.1) is 0 Å². The minimum Gasteiger partial charge on any atom is -0.859 e. The van der Waals surface area contributed by atoms with E-state index in [9.17, 15) is 15.3 Å². The summed E-state index contributed by atoms with van der Waals surface area (Å²) in [5.74, 6) is -0.178. The number of hydrogen-bond acceptors (Lipinski definition) is 6. The van der Waals surface area contributed by atoms with Gasteiger partial charge in [0.05, 0.1) is 0 Å². The van der Waals surface area contributed by atoms with Crippen LogP contribution in [0.3, 0.4) is 0 Å². The van der Waals surface area contributed by atoms with Gasteiger partial charge in [0, 0.05) is 17.6 Å². The molecule has 1 aromatic heterocycles. The zero-order valence-corrected chi connectivity index (χ0v) is 19.1. The number of aromatic nitrogens is 1. The van der Waals surface area contributed by atoms with E-state index in [2.05, 4.69) is 15.6 Å². The Bertz CT molecular complexity index is 999. The van der Waals surface area contributed by atoms with Crippen LogP contribution in [0.2, 0.25) is 0 Å². The molecule has 0 saturated heterocycles. The SMILES string of the molecule is CC1([O-])C=Cc2ccccc2N1.CC1([O-])C=Cc2ccccc2N1.[Al+3].[O-]c1ccccn1. The fourth-order valence-corrected chi connectivity index (χ4v) is 2.98. The Kier molecular flexibility index (Phi) is 8.65. The minimum atomic E-state index is -1.16. The van der Waals surface area contributed by atoms with Crippen LogP contribution in [0.25, 0.3) is 12.2 Å². The Labute approximate surface area is 199 Å². The van der Waals surface area contributed by atoms with Gasteiger partial charge in [0.25, 0.3) is 0 Å². The maximum atomic E-state index is 11.5. The number of rotatable bonds is 0. The van der Waals surface area contributed by atoms with Gasteiger partial charge in [-0.05, 0) is 46.7 Å². The number of nitrogens with one attached hydrogen (secondary N) is 2. The monoisotopic (exact) mass is 441 g/mol. The first-order valence-electron chi connectivity index (χ1n) is 9.86. The van der Waals surface area contributed by atoms with Crippen molar-refractivity contribution in [1.82, 2.24) is 4.98 Å². The van der Waals surface area contributed by atoms with E-state index in [4.69, 9.17) is 0 Å². The second kappa shape index (κ2) is 11.0. The Morgan fingerprint density at radius 2 is 1.12 bits per heavy atom. The molecule has 0 saturated carbocycles. The van der Waals surface area contributed by atoms with Crippen molar-refractivity contribution in [3.8, 4) is 5.88 Å². The number of anilines is 2. The molecule has 7 heteroatoms. The van der Waals surface area contributed by atoms with E-state index >= 15 is 0 Å². The van der Waals surface area contributed by atoms with Crippen LogP contribution >= 0.6 is 0 Å². The molecule has 2 N–H and O–H groups in total. The van der Waals surface area contributed by atoms with Crippen LogP contribution in [-0.2, 0) is 0 Å². The van der Waals surface area contributed by atoms with Crippen molar-refractivity contribution < 1.29 is 15.3 Å². The van der Waals surface area contributed by atoms with Crippen molar-refractivity contribution in [2.45, 2.75) is 25.3 Å². The summed E-state index contributed by atoms with van der Waals surface area (Å²) < 4.78 is 0. The van der Waals surface area contributed by atoms with Crippen LogP contribution in [0.1, 0.15) is 25.0 Å². The minimum absolute atomic E-state index is 0. The molecular weight excluding hydrogens is 417 g/mol. The quantitative estimate of drug-likeness (QED) is 0.518. The fourth-order valence-electron chi connectivity index (χ4n) is 2.98.